The Morgan fingerprint density at radius 3 is 2.25 bits per heavy atom. The van der Waals surface area contributed by atoms with Gasteiger partial charge >= 0.3 is 146 Å². The Balaban J connectivity index is 2.60. The van der Waals surface area contributed by atoms with E-state index in [1.165, 1.54) is 0 Å². The third-order valence-corrected chi connectivity index (χ3v) is 10.9. The van der Waals surface area contributed by atoms with Gasteiger partial charge in [0.15, 0.2) is 0 Å². The Kier molecular flexibility index (Phi) is 5.60. The number of hydrogen-bond donors (Lipinski definition) is 0. The molecule has 2 aromatic rings. The van der Waals surface area contributed by atoms with E-state index in [1.807, 2.05) is 6.92 Å². The van der Waals surface area contributed by atoms with Gasteiger partial charge in [-0.25, -0.2) is 0 Å². The molecule has 2 rings (SSSR count). The van der Waals surface area contributed by atoms with Crippen LogP contribution in [-0.4, -0.2) is 23.7 Å². The average Bonchev–Trinajstić information content (AvgIpc) is 2.79. The van der Waals surface area contributed by atoms with Gasteiger partial charge in [-0.3, -0.25) is 0 Å². The number of alkyl halides is 3. The molecule has 0 saturated heterocycles. The first-order chi connectivity index (χ1) is 11.1. The predicted molar refractivity (Wildman–Crippen MR) is 91.3 cm³/mol. The van der Waals surface area contributed by atoms with Crippen molar-refractivity contribution in [2.24, 2.45) is 0 Å². The number of aromatic nitrogens is 2. The fourth-order valence-electron chi connectivity index (χ4n) is 2.06. The topological polar surface area (TPSA) is 61.2 Å². The van der Waals surface area contributed by atoms with E-state index in [0.29, 0.717) is 25.1 Å². The molecule has 0 bridgehead atoms. The normalized spacial score (nSPS) is 13.2. The molecule has 134 valence electrons. The van der Waals surface area contributed by atoms with Crippen molar-refractivity contribution in [2.75, 3.05) is 0 Å². The van der Waals surface area contributed by atoms with Crippen LogP contribution in [-0.2, 0) is 19.2 Å². The molecule has 0 aliphatic carbocycles. The maximum absolute atomic E-state index is 12.8. The molecule has 0 saturated carbocycles. The van der Waals surface area contributed by atoms with Gasteiger partial charge < -0.3 is 0 Å². The van der Waals surface area contributed by atoms with Gasteiger partial charge in [0.05, 0.1) is 0 Å². The van der Waals surface area contributed by atoms with Crippen LogP contribution in [0.2, 0.25) is 0 Å². The van der Waals surface area contributed by atoms with E-state index < -0.39 is 35.9 Å². The Hall–Kier alpha value is -1.14. The number of aryl methyl sites for hydroxylation is 2. The molecule has 5 nitrogen and oxygen atoms in total. The van der Waals surface area contributed by atoms with Crippen LogP contribution < -0.4 is 0 Å². The van der Waals surface area contributed by atoms with Crippen molar-refractivity contribution < 1.29 is 24.1 Å². The second-order valence-electron chi connectivity index (χ2n) is 4.81. The molecule has 0 aliphatic rings. The van der Waals surface area contributed by atoms with Crippen molar-refractivity contribution >= 4 is 30.4 Å². The van der Waals surface area contributed by atoms with Crippen molar-refractivity contribution in [3.05, 3.63) is 48.9 Å². The summed E-state index contributed by atoms with van der Waals surface area (Å²) < 4.78 is 68.8. The SMILES string of the molecule is CCn1nc(C)c(I(OS(=O)(=O)C(F)(F)F)c2ccccc2)c1C. The van der Waals surface area contributed by atoms with Gasteiger partial charge in [-0.1, -0.05) is 0 Å². The minimum atomic E-state index is -5.69. The van der Waals surface area contributed by atoms with Crippen molar-refractivity contribution in [3.63, 3.8) is 0 Å². The first-order valence-corrected chi connectivity index (χ1v) is 11.3. The van der Waals surface area contributed by atoms with Crippen LogP contribution in [0.5, 0.6) is 0 Å². The molecule has 0 aliphatic heterocycles. The summed E-state index contributed by atoms with van der Waals surface area (Å²) in [7, 11) is -5.69. The Morgan fingerprint density at radius 2 is 1.79 bits per heavy atom. The summed E-state index contributed by atoms with van der Waals surface area (Å²) >= 11 is -3.36. The molecule has 0 atom stereocenters. The summed E-state index contributed by atoms with van der Waals surface area (Å²) in [6.07, 6.45) is 0. The van der Waals surface area contributed by atoms with Crippen LogP contribution in [0.4, 0.5) is 13.2 Å². The zero-order valence-corrected chi connectivity index (χ0v) is 16.1. The number of hydrogen-bond acceptors (Lipinski definition) is 4. The average molecular weight is 476 g/mol. The minimum absolute atomic E-state index is 0.455. The molecular weight excluding hydrogens is 460 g/mol. The van der Waals surface area contributed by atoms with Gasteiger partial charge in [-0.2, -0.15) is 0 Å². The van der Waals surface area contributed by atoms with Crippen molar-refractivity contribution in [3.8, 4) is 0 Å². The summed E-state index contributed by atoms with van der Waals surface area (Å²) in [6.45, 7) is 5.72. The first-order valence-electron chi connectivity index (χ1n) is 6.88. The molecule has 24 heavy (non-hydrogen) atoms. The first kappa shape index (κ1) is 19.2. The van der Waals surface area contributed by atoms with E-state index in [-0.39, 0.29) is 0 Å². The van der Waals surface area contributed by atoms with Crippen LogP contribution >= 0.6 is 20.2 Å². The number of rotatable bonds is 5. The van der Waals surface area contributed by atoms with Gasteiger partial charge in [0, 0.05) is 0 Å². The Labute approximate surface area is 145 Å². The molecule has 1 aromatic heterocycles. The molecule has 0 unspecified atom stereocenters. The molecule has 0 N–H and O–H groups in total. The summed E-state index contributed by atoms with van der Waals surface area (Å²) in [5.74, 6) is 0. The number of benzene rings is 1. The molecule has 1 aromatic carbocycles. The molecule has 0 radical (unpaired) electrons. The van der Waals surface area contributed by atoms with Crippen LogP contribution in [0.1, 0.15) is 18.3 Å². The molecule has 1 heterocycles. The van der Waals surface area contributed by atoms with Gasteiger partial charge in [0.25, 0.3) is 0 Å². The molecule has 0 fully saturated rings. The summed E-state index contributed by atoms with van der Waals surface area (Å²) in [4.78, 5) is 0. The number of halogens is 4. The second kappa shape index (κ2) is 7.00. The molecule has 10 heteroatoms. The molecular formula is C14H16F3IN2O3S. The Morgan fingerprint density at radius 1 is 1.21 bits per heavy atom. The van der Waals surface area contributed by atoms with Gasteiger partial charge in [-0.05, 0) is 0 Å². The predicted octanol–water partition coefficient (Wildman–Crippen LogP) is 3.85. The number of nitrogens with zero attached hydrogens (tertiary/aromatic N) is 2. The van der Waals surface area contributed by atoms with Crippen LogP contribution in [0, 0.1) is 21.0 Å². The van der Waals surface area contributed by atoms with Crippen molar-refractivity contribution in [2.45, 2.75) is 32.8 Å². The zero-order chi connectivity index (χ0) is 18.1. The van der Waals surface area contributed by atoms with Gasteiger partial charge in [0.1, 0.15) is 0 Å². The van der Waals surface area contributed by atoms with Crippen LogP contribution in [0.15, 0.2) is 30.3 Å². The van der Waals surface area contributed by atoms with E-state index >= 15 is 0 Å². The second-order valence-corrected chi connectivity index (χ2v) is 11.1. The van der Waals surface area contributed by atoms with Gasteiger partial charge in [0.2, 0.25) is 0 Å². The third kappa shape index (κ3) is 3.75. The van der Waals surface area contributed by atoms with Crippen LogP contribution in [0.3, 0.4) is 0 Å². The quantitative estimate of drug-likeness (QED) is 0.486. The zero-order valence-electron chi connectivity index (χ0n) is 13.1. The third-order valence-electron chi connectivity index (χ3n) is 3.13. The summed E-state index contributed by atoms with van der Waals surface area (Å²) in [6, 6.07) is 8.14. The van der Waals surface area contributed by atoms with E-state index in [9.17, 15) is 21.6 Å². The van der Waals surface area contributed by atoms with Crippen molar-refractivity contribution in [1.82, 2.24) is 9.78 Å². The van der Waals surface area contributed by atoms with Gasteiger partial charge in [-0.15, -0.1) is 0 Å². The van der Waals surface area contributed by atoms with Crippen LogP contribution in [0.25, 0.3) is 0 Å². The van der Waals surface area contributed by atoms with E-state index in [2.05, 4.69) is 5.10 Å². The molecule has 0 amide bonds. The fourth-order valence-corrected chi connectivity index (χ4v) is 9.12. The standard InChI is InChI=1S/C14H16F3IN2O3S/c1-4-20-11(3)13(10(2)19-20)18(12-8-6-5-7-9-12)23-24(21,22)14(15,16)17/h5-9H,4H2,1-3H3. The fraction of sp³-hybridized carbons (Fsp3) is 0.357. The van der Waals surface area contributed by atoms with Crippen molar-refractivity contribution in [1.29, 1.82) is 0 Å². The monoisotopic (exact) mass is 476 g/mol. The van der Waals surface area contributed by atoms with E-state index in [1.54, 1.807) is 48.9 Å². The van der Waals surface area contributed by atoms with E-state index in [0.717, 1.165) is 0 Å². The Bertz CT molecular complexity index is 820. The summed E-state index contributed by atoms with van der Waals surface area (Å²) in [5.41, 5.74) is -4.35. The molecule has 0 spiro atoms. The van der Waals surface area contributed by atoms with E-state index in [4.69, 9.17) is 2.51 Å². The summed E-state index contributed by atoms with van der Waals surface area (Å²) in [5, 5.41) is 4.27. The maximum atomic E-state index is 12.8.